The van der Waals surface area contributed by atoms with Gasteiger partial charge in [0.05, 0.1) is 11.8 Å². The zero-order valence-corrected chi connectivity index (χ0v) is 15.3. The smallest absolute Gasteiger partial charge is 0.228 e. The third-order valence-electron chi connectivity index (χ3n) is 4.69. The van der Waals surface area contributed by atoms with Crippen molar-refractivity contribution in [3.8, 4) is 0 Å². The number of anilines is 1. The van der Waals surface area contributed by atoms with E-state index in [0.717, 1.165) is 23.0 Å². The Balaban J connectivity index is 1.40. The van der Waals surface area contributed by atoms with Gasteiger partial charge in [0.15, 0.2) is 0 Å². The monoisotopic (exact) mass is 390 g/mol. The molecule has 2 N–H and O–H groups in total. The summed E-state index contributed by atoms with van der Waals surface area (Å²) in [5, 5.41) is 5.86. The molecule has 0 aliphatic heterocycles. The molecule has 2 aliphatic carbocycles. The first-order valence-corrected chi connectivity index (χ1v) is 9.45. The first kappa shape index (κ1) is 17.2. The van der Waals surface area contributed by atoms with Crippen LogP contribution >= 0.6 is 15.9 Å². The van der Waals surface area contributed by atoms with E-state index < -0.39 is 0 Å². The average molecular weight is 391 g/mol. The second-order valence-corrected chi connectivity index (χ2v) is 7.51. The fourth-order valence-electron chi connectivity index (χ4n) is 3.18. The van der Waals surface area contributed by atoms with Crippen molar-refractivity contribution in [3.05, 3.63) is 40.4 Å². The molecule has 128 valence electrons. The summed E-state index contributed by atoms with van der Waals surface area (Å²) in [7, 11) is 0. The Kier molecular flexibility index (Phi) is 5.72. The summed E-state index contributed by atoms with van der Waals surface area (Å²) in [6, 6.07) is 7.48. The van der Waals surface area contributed by atoms with Gasteiger partial charge in [-0.15, -0.1) is 0 Å². The molecular formula is C19H23BrN2O2. The lowest BCUT2D eigenvalue weighted by Crippen LogP contribution is -2.28. The first-order valence-electron chi connectivity index (χ1n) is 8.65. The number of carbonyl (C=O) groups excluding carboxylic acids is 2. The molecule has 1 fully saturated rings. The van der Waals surface area contributed by atoms with Crippen LogP contribution in [0.1, 0.15) is 38.5 Å². The lowest BCUT2D eigenvalue weighted by atomic mass is 9.97. The minimum atomic E-state index is -0.196. The maximum atomic E-state index is 12.2. The Morgan fingerprint density at radius 3 is 2.75 bits per heavy atom. The van der Waals surface area contributed by atoms with Gasteiger partial charge in [-0.3, -0.25) is 9.59 Å². The summed E-state index contributed by atoms with van der Waals surface area (Å²) in [6.07, 6.45) is 8.77. The molecular weight excluding hydrogens is 368 g/mol. The van der Waals surface area contributed by atoms with E-state index in [-0.39, 0.29) is 23.7 Å². The predicted octanol–water partition coefficient (Wildman–Crippen LogP) is 4.03. The Morgan fingerprint density at radius 2 is 2.00 bits per heavy atom. The topological polar surface area (TPSA) is 58.2 Å². The average Bonchev–Trinajstić information content (AvgIpc) is 3.37. The lowest BCUT2D eigenvalue weighted by molar-refractivity contribution is -0.125. The van der Waals surface area contributed by atoms with Crippen LogP contribution in [0.15, 0.2) is 40.4 Å². The summed E-state index contributed by atoms with van der Waals surface area (Å²) in [6.45, 7) is 0.682. The van der Waals surface area contributed by atoms with Crippen molar-refractivity contribution >= 4 is 33.4 Å². The molecule has 2 aliphatic rings. The minimum absolute atomic E-state index is 0.0146. The number of halogens is 1. The van der Waals surface area contributed by atoms with Crippen LogP contribution < -0.4 is 10.6 Å². The number of amides is 2. The van der Waals surface area contributed by atoms with Crippen LogP contribution in [0.4, 0.5) is 5.69 Å². The zero-order chi connectivity index (χ0) is 16.9. The van der Waals surface area contributed by atoms with E-state index in [1.54, 1.807) is 0 Å². The number of hydrogen-bond donors (Lipinski definition) is 2. The van der Waals surface area contributed by atoms with Crippen LogP contribution in [-0.4, -0.2) is 18.4 Å². The SMILES string of the molecule is O=C(NCCC1=CCCCC1)C1CC1C(=O)Nc1cccc(Br)c1. The van der Waals surface area contributed by atoms with Crippen molar-refractivity contribution in [2.75, 3.05) is 11.9 Å². The molecule has 0 bridgehead atoms. The van der Waals surface area contributed by atoms with Crippen molar-refractivity contribution in [2.45, 2.75) is 38.5 Å². The molecule has 1 saturated carbocycles. The van der Waals surface area contributed by atoms with Gasteiger partial charge in [0.25, 0.3) is 0 Å². The molecule has 4 nitrogen and oxygen atoms in total. The van der Waals surface area contributed by atoms with Crippen LogP contribution in [0.25, 0.3) is 0 Å². The van der Waals surface area contributed by atoms with E-state index in [9.17, 15) is 9.59 Å². The van der Waals surface area contributed by atoms with Gasteiger partial charge in [0.1, 0.15) is 0 Å². The highest BCUT2D eigenvalue weighted by atomic mass is 79.9. The number of carbonyl (C=O) groups is 2. The number of rotatable bonds is 6. The molecule has 5 heteroatoms. The minimum Gasteiger partial charge on any atom is -0.356 e. The quantitative estimate of drug-likeness (QED) is 0.720. The van der Waals surface area contributed by atoms with Gasteiger partial charge >= 0.3 is 0 Å². The fraction of sp³-hybridized carbons (Fsp3) is 0.474. The summed E-state index contributed by atoms with van der Waals surface area (Å²) in [5.41, 5.74) is 2.21. The van der Waals surface area contributed by atoms with Crippen LogP contribution in [-0.2, 0) is 9.59 Å². The Labute approximate surface area is 151 Å². The first-order chi connectivity index (χ1) is 11.6. The Hall–Kier alpha value is -1.62. The second-order valence-electron chi connectivity index (χ2n) is 6.60. The maximum absolute atomic E-state index is 12.2. The van der Waals surface area contributed by atoms with Gasteiger partial charge in [-0.2, -0.15) is 0 Å². The van der Waals surface area contributed by atoms with E-state index in [0.29, 0.717) is 13.0 Å². The normalized spacial score (nSPS) is 22.5. The van der Waals surface area contributed by atoms with E-state index in [4.69, 9.17) is 0 Å². The van der Waals surface area contributed by atoms with E-state index >= 15 is 0 Å². The fourth-order valence-corrected chi connectivity index (χ4v) is 3.58. The number of hydrogen-bond acceptors (Lipinski definition) is 2. The Bertz CT molecular complexity index is 657. The van der Waals surface area contributed by atoms with Gasteiger partial charge in [-0.05, 0) is 56.7 Å². The number of benzene rings is 1. The molecule has 0 heterocycles. The molecule has 0 saturated heterocycles. The number of nitrogens with one attached hydrogen (secondary N) is 2. The van der Waals surface area contributed by atoms with Crippen LogP contribution in [0, 0.1) is 11.8 Å². The third kappa shape index (κ3) is 4.69. The van der Waals surface area contributed by atoms with E-state index in [2.05, 4.69) is 32.6 Å². The van der Waals surface area contributed by atoms with Gasteiger partial charge in [0.2, 0.25) is 11.8 Å². The van der Waals surface area contributed by atoms with Crippen LogP contribution in [0.5, 0.6) is 0 Å². The highest BCUT2D eigenvalue weighted by molar-refractivity contribution is 9.10. The summed E-state index contributed by atoms with van der Waals surface area (Å²) < 4.78 is 0.919. The van der Waals surface area contributed by atoms with Gasteiger partial charge in [0, 0.05) is 16.7 Å². The Morgan fingerprint density at radius 1 is 1.17 bits per heavy atom. The van der Waals surface area contributed by atoms with Crippen molar-refractivity contribution < 1.29 is 9.59 Å². The molecule has 24 heavy (non-hydrogen) atoms. The van der Waals surface area contributed by atoms with Gasteiger partial charge in [-0.25, -0.2) is 0 Å². The van der Waals surface area contributed by atoms with E-state index in [1.807, 2.05) is 24.3 Å². The van der Waals surface area contributed by atoms with Gasteiger partial charge in [-0.1, -0.05) is 33.6 Å². The highest BCUT2D eigenvalue weighted by Crippen LogP contribution is 2.39. The lowest BCUT2D eigenvalue weighted by Gasteiger charge is -2.13. The van der Waals surface area contributed by atoms with Crippen molar-refractivity contribution in [3.63, 3.8) is 0 Å². The molecule has 2 amide bonds. The largest absolute Gasteiger partial charge is 0.356 e. The van der Waals surface area contributed by atoms with Gasteiger partial charge < -0.3 is 10.6 Å². The molecule has 2 atom stereocenters. The van der Waals surface area contributed by atoms with E-state index in [1.165, 1.54) is 24.8 Å². The molecule has 0 aromatic heterocycles. The van der Waals surface area contributed by atoms with Crippen molar-refractivity contribution in [1.82, 2.24) is 5.32 Å². The van der Waals surface area contributed by atoms with Crippen molar-refractivity contribution in [1.29, 1.82) is 0 Å². The summed E-state index contributed by atoms with van der Waals surface area (Å²) in [5.74, 6) is -0.417. The predicted molar refractivity (Wildman–Crippen MR) is 98.5 cm³/mol. The molecule has 2 unspecified atom stereocenters. The molecule has 3 rings (SSSR count). The van der Waals surface area contributed by atoms with Crippen molar-refractivity contribution in [2.24, 2.45) is 11.8 Å². The molecule has 1 aromatic carbocycles. The molecule has 0 radical (unpaired) electrons. The van der Waals surface area contributed by atoms with Crippen LogP contribution in [0.3, 0.4) is 0 Å². The standard InChI is InChI=1S/C19H23BrN2O2/c20-14-7-4-8-15(11-14)22-19(24)17-12-16(17)18(23)21-10-9-13-5-2-1-3-6-13/h4-5,7-8,11,16-17H,1-3,6,9-10,12H2,(H,21,23)(H,22,24). The molecule has 1 aromatic rings. The summed E-state index contributed by atoms with van der Waals surface area (Å²) >= 11 is 3.38. The maximum Gasteiger partial charge on any atom is 0.228 e. The zero-order valence-electron chi connectivity index (χ0n) is 13.7. The summed E-state index contributed by atoms with van der Waals surface area (Å²) in [4.78, 5) is 24.4. The highest BCUT2D eigenvalue weighted by Gasteiger charge is 2.47. The second kappa shape index (κ2) is 7.97. The third-order valence-corrected chi connectivity index (χ3v) is 5.18. The van der Waals surface area contributed by atoms with Crippen LogP contribution in [0.2, 0.25) is 0 Å². The molecule has 0 spiro atoms. The number of allylic oxidation sites excluding steroid dienone is 1.